The number of fused-ring (bicyclic) bond motifs is 1. The zero-order valence-electron chi connectivity index (χ0n) is 11.3. The van der Waals surface area contributed by atoms with Crippen molar-refractivity contribution in [2.75, 3.05) is 18.1 Å². The van der Waals surface area contributed by atoms with Gasteiger partial charge in [-0.3, -0.25) is 0 Å². The molecular formula is C14H11ClF3N3O. The molecule has 2 aromatic rings. The Morgan fingerprint density at radius 1 is 1.32 bits per heavy atom. The first-order valence-corrected chi connectivity index (χ1v) is 6.88. The SMILES string of the molecule is FC(F)(F)c1cccc(CN2CCOc3cnc(Cl)nc32)c1. The van der Waals surface area contributed by atoms with Crippen molar-refractivity contribution in [3.05, 3.63) is 46.9 Å². The van der Waals surface area contributed by atoms with Crippen LogP contribution in [-0.2, 0) is 12.7 Å². The molecule has 0 amide bonds. The molecule has 3 rings (SSSR count). The molecule has 0 radical (unpaired) electrons. The Hall–Kier alpha value is -2.02. The second-order valence-corrected chi connectivity index (χ2v) is 5.13. The molecule has 1 aromatic heterocycles. The van der Waals surface area contributed by atoms with Crippen LogP contribution in [-0.4, -0.2) is 23.1 Å². The Balaban J connectivity index is 1.88. The average molecular weight is 330 g/mol. The normalized spacial score (nSPS) is 14.5. The van der Waals surface area contributed by atoms with Gasteiger partial charge in [-0.1, -0.05) is 12.1 Å². The first-order chi connectivity index (χ1) is 10.4. The van der Waals surface area contributed by atoms with Crippen molar-refractivity contribution in [1.82, 2.24) is 9.97 Å². The van der Waals surface area contributed by atoms with E-state index in [0.717, 1.165) is 12.1 Å². The van der Waals surface area contributed by atoms with Gasteiger partial charge in [-0.15, -0.1) is 0 Å². The van der Waals surface area contributed by atoms with Crippen molar-refractivity contribution in [3.63, 3.8) is 0 Å². The van der Waals surface area contributed by atoms with Gasteiger partial charge in [0.05, 0.1) is 18.3 Å². The molecule has 0 bridgehead atoms. The second kappa shape index (κ2) is 5.64. The van der Waals surface area contributed by atoms with E-state index in [1.165, 1.54) is 12.3 Å². The van der Waals surface area contributed by atoms with Crippen LogP contribution < -0.4 is 9.64 Å². The lowest BCUT2D eigenvalue weighted by Crippen LogP contribution is -2.33. The molecule has 0 atom stereocenters. The lowest BCUT2D eigenvalue weighted by molar-refractivity contribution is -0.137. The van der Waals surface area contributed by atoms with Crippen molar-refractivity contribution in [3.8, 4) is 5.75 Å². The Bertz CT molecular complexity index is 693. The van der Waals surface area contributed by atoms with Gasteiger partial charge in [0.15, 0.2) is 11.6 Å². The number of hydrogen-bond acceptors (Lipinski definition) is 4. The Morgan fingerprint density at radius 3 is 2.91 bits per heavy atom. The third kappa shape index (κ3) is 3.09. The van der Waals surface area contributed by atoms with E-state index >= 15 is 0 Å². The summed E-state index contributed by atoms with van der Waals surface area (Å²) in [6, 6.07) is 5.23. The maximum Gasteiger partial charge on any atom is 0.416 e. The van der Waals surface area contributed by atoms with Crippen LogP contribution in [0, 0.1) is 0 Å². The minimum atomic E-state index is -4.36. The fourth-order valence-corrected chi connectivity index (χ4v) is 2.39. The van der Waals surface area contributed by atoms with Crippen LogP contribution in [0.2, 0.25) is 5.28 Å². The molecule has 8 heteroatoms. The van der Waals surface area contributed by atoms with Gasteiger partial charge in [0.2, 0.25) is 5.28 Å². The summed E-state index contributed by atoms with van der Waals surface area (Å²) in [5, 5.41) is 0.0679. The monoisotopic (exact) mass is 329 g/mol. The van der Waals surface area contributed by atoms with Crippen LogP contribution in [0.15, 0.2) is 30.5 Å². The second-order valence-electron chi connectivity index (χ2n) is 4.80. The van der Waals surface area contributed by atoms with Gasteiger partial charge in [0, 0.05) is 6.54 Å². The molecule has 0 aliphatic carbocycles. The smallest absolute Gasteiger partial charge is 0.416 e. The van der Waals surface area contributed by atoms with Gasteiger partial charge >= 0.3 is 6.18 Å². The topological polar surface area (TPSA) is 38.2 Å². The number of anilines is 1. The van der Waals surface area contributed by atoms with Gasteiger partial charge in [-0.2, -0.15) is 18.2 Å². The largest absolute Gasteiger partial charge is 0.486 e. The molecule has 116 valence electrons. The van der Waals surface area contributed by atoms with Crippen molar-refractivity contribution < 1.29 is 17.9 Å². The Morgan fingerprint density at radius 2 is 2.14 bits per heavy atom. The standard InChI is InChI=1S/C14H11ClF3N3O/c15-13-19-7-11-12(20-13)21(4-5-22-11)8-9-2-1-3-10(6-9)14(16,17)18/h1-3,6-7H,4-5,8H2. The molecule has 0 N–H and O–H groups in total. The molecule has 1 aromatic carbocycles. The van der Waals surface area contributed by atoms with Crippen molar-refractivity contribution >= 4 is 17.4 Å². The molecule has 0 saturated heterocycles. The van der Waals surface area contributed by atoms with Gasteiger partial charge in [0.25, 0.3) is 0 Å². The molecule has 1 aliphatic rings. The summed E-state index contributed by atoms with van der Waals surface area (Å²) in [5.41, 5.74) is -0.128. The molecule has 4 nitrogen and oxygen atoms in total. The number of ether oxygens (including phenoxy) is 1. The van der Waals surface area contributed by atoms with E-state index in [0.29, 0.717) is 30.3 Å². The van der Waals surface area contributed by atoms with Crippen molar-refractivity contribution in [2.24, 2.45) is 0 Å². The number of rotatable bonds is 2. The molecule has 2 heterocycles. The number of aromatic nitrogens is 2. The first kappa shape index (κ1) is 14.9. The highest BCUT2D eigenvalue weighted by molar-refractivity contribution is 6.28. The minimum Gasteiger partial charge on any atom is -0.486 e. The summed E-state index contributed by atoms with van der Waals surface area (Å²) < 4.78 is 43.7. The zero-order valence-corrected chi connectivity index (χ0v) is 12.0. The number of halogens is 4. The molecule has 22 heavy (non-hydrogen) atoms. The lowest BCUT2D eigenvalue weighted by Gasteiger charge is -2.29. The summed E-state index contributed by atoms with van der Waals surface area (Å²) in [6.07, 6.45) is -2.90. The van der Waals surface area contributed by atoms with Gasteiger partial charge in [0.1, 0.15) is 6.61 Å². The number of hydrogen-bond donors (Lipinski definition) is 0. The number of alkyl halides is 3. The highest BCUT2D eigenvalue weighted by Gasteiger charge is 2.30. The maximum atomic E-state index is 12.8. The summed E-state index contributed by atoms with van der Waals surface area (Å²) in [7, 11) is 0. The summed E-state index contributed by atoms with van der Waals surface area (Å²) in [5.74, 6) is 0.964. The quantitative estimate of drug-likeness (QED) is 0.790. The summed E-state index contributed by atoms with van der Waals surface area (Å²) in [4.78, 5) is 9.75. The van der Waals surface area contributed by atoms with Gasteiger partial charge in [-0.25, -0.2) is 4.98 Å². The predicted molar refractivity (Wildman–Crippen MR) is 75.0 cm³/mol. The predicted octanol–water partition coefficient (Wildman–Crippen LogP) is 3.55. The molecule has 0 spiro atoms. The van der Waals surface area contributed by atoms with E-state index in [9.17, 15) is 13.2 Å². The van der Waals surface area contributed by atoms with Crippen LogP contribution in [0.5, 0.6) is 5.75 Å². The van der Waals surface area contributed by atoms with E-state index in [2.05, 4.69) is 9.97 Å². The molecule has 0 unspecified atom stereocenters. The third-order valence-corrected chi connectivity index (χ3v) is 3.44. The highest BCUT2D eigenvalue weighted by atomic mass is 35.5. The van der Waals surface area contributed by atoms with E-state index in [4.69, 9.17) is 16.3 Å². The molecular weight excluding hydrogens is 319 g/mol. The average Bonchev–Trinajstić information content (AvgIpc) is 2.47. The van der Waals surface area contributed by atoms with Crippen LogP contribution >= 0.6 is 11.6 Å². The Kier molecular flexibility index (Phi) is 3.82. The highest BCUT2D eigenvalue weighted by Crippen LogP contribution is 2.32. The zero-order chi connectivity index (χ0) is 15.7. The maximum absolute atomic E-state index is 12.8. The van der Waals surface area contributed by atoms with Crippen LogP contribution in [0.1, 0.15) is 11.1 Å². The van der Waals surface area contributed by atoms with Crippen LogP contribution in [0.25, 0.3) is 0 Å². The number of benzene rings is 1. The first-order valence-electron chi connectivity index (χ1n) is 6.50. The molecule has 0 fully saturated rings. The fourth-order valence-electron chi connectivity index (χ4n) is 2.26. The number of nitrogens with zero attached hydrogens (tertiary/aromatic N) is 3. The van der Waals surface area contributed by atoms with Gasteiger partial charge < -0.3 is 9.64 Å². The van der Waals surface area contributed by atoms with E-state index in [-0.39, 0.29) is 11.8 Å². The van der Waals surface area contributed by atoms with E-state index in [1.807, 2.05) is 4.90 Å². The van der Waals surface area contributed by atoms with E-state index < -0.39 is 11.7 Å². The van der Waals surface area contributed by atoms with Crippen LogP contribution in [0.4, 0.5) is 19.0 Å². The molecule has 0 saturated carbocycles. The fraction of sp³-hybridized carbons (Fsp3) is 0.286. The van der Waals surface area contributed by atoms with Crippen molar-refractivity contribution in [2.45, 2.75) is 12.7 Å². The minimum absolute atomic E-state index is 0.0679. The van der Waals surface area contributed by atoms with E-state index in [1.54, 1.807) is 6.07 Å². The van der Waals surface area contributed by atoms with Crippen molar-refractivity contribution in [1.29, 1.82) is 0 Å². The van der Waals surface area contributed by atoms with Gasteiger partial charge in [-0.05, 0) is 29.3 Å². The molecule has 1 aliphatic heterocycles. The Labute approximate surface area is 129 Å². The lowest BCUT2D eigenvalue weighted by atomic mass is 10.1. The summed E-state index contributed by atoms with van der Waals surface area (Å²) >= 11 is 5.78. The third-order valence-electron chi connectivity index (χ3n) is 3.25. The summed E-state index contributed by atoms with van der Waals surface area (Å²) in [6.45, 7) is 1.21. The van der Waals surface area contributed by atoms with Crippen LogP contribution in [0.3, 0.4) is 0 Å².